The molecule has 0 fully saturated rings. The van der Waals surface area contributed by atoms with Gasteiger partial charge in [-0.2, -0.15) is 0 Å². The van der Waals surface area contributed by atoms with Crippen LogP contribution in [-0.4, -0.2) is 46.3 Å². The van der Waals surface area contributed by atoms with Crippen molar-refractivity contribution in [3.8, 4) is 11.5 Å². The van der Waals surface area contributed by atoms with Gasteiger partial charge in [-0.25, -0.2) is 4.79 Å². The second-order valence-corrected chi connectivity index (χ2v) is 6.04. The molecule has 0 saturated carbocycles. The maximum atomic E-state index is 12.4. The molecule has 1 atom stereocenters. The molecule has 7 nitrogen and oxygen atoms in total. The van der Waals surface area contributed by atoms with Gasteiger partial charge in [0.15, 0.2) is 6.10 Å². The van der Waals surface area contributed by atoms with Crippen LogP contribution < -0.4 is 19.7 Å². The van der Waals surface area contributed by atoms with Gasteiger partial charge in [-0.15, -0.1) is 0 Å². The van der Waals surface area contributed by atoms with Crippen LogP contribution in [0, 0.1) is 0 Å². The molecule has 0 aliphatic rings. The molecule has 1 unspecified atom stereocenters. The number of amides is 1. The highest BCUT2D eigenvalue weighted by Gasteiger charge is 2.20. The summed E-state index contributed by atoms with van der Waals surface area (Å²) in [4.78, 5) is 26.6. The van der Waals surface area contributed by atoms with Crippen LogP contribution in [0.5, 0.6) is 11.5 Å². The molecule has 7 heteroatoms. The first-order chi connectivity index (χ1) is 12.8. The van der Waals surface area contributed by atoms with Crippen LogP contribution in [0.1, 0.15) is 17.3 Å². The SMILES string of the molecule is COc1ccc(OC)c(NC(=O)C(C)OC(=O)c2ccc(N(C)C)cc2)c1. The Morgan fingerprint density at radius 2 is 1.67 bits per heavy atom. The molecule has 0 radical (unpaired) electrons. The number of nitrogens with zero attached hydrogens (tertiary/aromatic N) is 1. The number of hydrogen-bond donors (Lipinski definition) is 1. The molecule has 0 spiro atoms. The predicted molar refractivity (Wildman–Crippen MR) is 104 cm³/mol. The highest BCUT2D eigenvalue weighted by Crippen LogP contribution is 2.29. The highest BCUT2D eigenvalue weighted by molar-refractivity contribution is 5.98. The molecule has 0 aromatic heterocycles. The maximum absolute atomic E-state index is 12.4. The zero-order chi connectivity index (χ0) is 20.0. The Morgan fingerprint density at radius 3 is 2.22 bits per heavy atom. The first kappa shape index (κ1) is 20.1. The summed E-state index contributed by atoms with van der Waals surface area (Å²) in [6.45, 7) is 1.51. The molecule has 0 aliphatic heterocycles. The van der Waals surface area contributed by atoms with Crippen molar-refractivity contribution < 1.29 is 23.8 Å². The van der Waals surface area contributed by atoms with Gasteiger partial charge in [0.2, 0.25) is 0 Å². The van der Waals surface area contributed by atoms with Crippen molar-refractivity contribution in [3.05, 3.63) is 48.0 Å². The lowest BCUT2D eigenvalue weighted by atomic mass is 10.2. The Bertz CT molecular complexity index is 803. The third kappa shape index (κ3) is 5.13. The fourth-order valence-corrected chi connectivity index (χ4v) is 2.32. The van der Waals surface area contributed by atoms with E-state index in [1.54, 1.807) is 30.3 Å². The number of carbonyl (C=O) groups is 2. The van der Waals surface area contributed by atoms with Gasteiger partial charge < -0.3 is 24.4 Å². The van der Waals surface area contributed by atoms with Gasteiger partial charge in [-0.3, -0.25) is 4.79 Å². The quantitative estimate of drug-likeness (QED) is 0.753. The number of esters is 1. The lowest BCUT2D eigenvalue weighted by Crippen LogP contribution is -2.30. The summed E-state index contributed by atoms with van der Waals surface area (Å²) < 4.78 is 15.6. The molecule has 1 N–H and O–H groups in total. The van der Waals surface area contributed by atoms with E-state index in [9.17, 15) is 9.59 Å². The number of carbonyl (C=O) groups excluding carboxylic acids is 2. The Kier molecular flexibility index (Phi) is 6.65. The first-order valence-corrected chi connectivity index (χ1v) is 8.37. The summed E-state index contributed by atoms with van der Waals surface area (Å²) in [6, 6.07) is 12.0. The minimum atomic E-state index is -0.984. The van der Waals surface area contributed by atoms with Crippen LogP contribution in [0.3, 0.4) is 0 Å². The lowest BCUT2D eigenvalue weighted by Gasteiger charge is -2.16. The lowest BCUT2D eigenvalue weighted by molar-refractivity contribution is -0.123. The molecule has 0 heterocycles. The number of hydrogen-bond acceptors (Lipinski definition) is 6. The smallest absolute Gasteiger partial charge is 0.338 e. The largest absolute Gasteiger partial charge is 0.497 e. The van der Waals surface area contributed by atoms with E-state index in [2.05, 4.69) is 5.32 Å². The van der Waals surface area contributed by atoms with E-state index in [1.807, 2.05) is 31.1 Å². The number of nitrogens with one attached hydrogen (secondary N) is 1. The van der Waals surface area contributed by atoms with Crippen LogP contribution in [-0.2, 0) is 9.53 Å². The summed E-state index contributed by atoms with van der Waals surface area (Å²) >= 11 is 0. The van der Waals surface area contributed by atoms with Crippen molar-refractivity contribution in [1.82, 2.24) is 0 Å². The zero-order valence-corrected chi connectivity index (χ0v) is 16.1. The number of benzene rings is 2. The topological polar surface area (TPSA) is 77.1 Å². The fourth-order valence-electron chi connectivity index (χ4n) is 2.32. The second kappa shape index (κ2) is 8.93. The Morgan fingerprint density at radius 1 is 1.00 bits per heavy atom. The summed E-state index contributed by atoms with van der Waals surface area (Å²) in [5, 5.41) is 2.69. The van der Waals surface area contributed by atoms with Crippen molar-refractivity contribution >= 4 is 23.3 Å². The number of rotatable bonds is 7. The Hall–Kier alpha value is -3.22. The van der Waals surface area contributed by atoms with E-state index in [4.69, 9.17) is 14.2 Å². The number of anilines is 2. The van der Waals surface area contributed by atoms with Gasteiger partial charge in [-0.05, 0) is 43.3 Å². The fraction of sp³-hybridized carbons (Fsp3) is 0.300. The monoisotopic (exact) mass is 372 g/mol. The van der Waals surface area contributed by atoms with Gasteiger partial charge in [0.1, 0.15) is 11.5 Å². The third-order valence-corrected chi connectivity index (χ3v) is 3.94. The number of ether oxygens (including phenoxy) is 3. The molecule has 27 heavy (non-hydrogen) atoms. The molecule has 1 amide bonds. The molecule has 2 rings (SSSR count). The second-order valence-electron chi connectivity index (χ2n) is 6.04. The van der Waals surface area contributed by atoms with Gasteiger partial charge >= 0.3 is 5.97 Å². The molecule has 2 aromatic carbocycles. The molecule has 0 bridgehead atoms. The summed E-state index contributed by atoms with van der Waals surface area (Å²) in [5.41, 5.74) is 1.77. The molecule has 0 saturated heterocycles. The van der Waals surface area contributed by atoms with Gasteiger partial charge in [0, 0.05) is 25.8 Å². The van der Waals surface area contributed by atoms with Crippen LogP contribution in [0.15, 0.2) is 42.5 Å². The van der Waals surface area contributed by atoms with Crippen LogP contribution >= 0.6 is 0 Å². The van der Waals surface area contributed by atoms with E-state index in [-0.39, 0.29) is 0 Å². The molecule has 2 aromatic rings. The average molecular weight is 372 g/mol. The average Bonchev–Trinajstić information content (AvgIpc) is 2.67. The number of methoxy groups -OCH3 is 2. The van der Waals surface area contributed by atoms with Crippen molar-refractivity contribution in [3.63, 3.8) is 0 Å². The molecule has 0 aliphatic carbocycles. The third-order valence-electron chi connectivity index (χ3n) is 3.94. The Labute approximate surface area is 158 Å². The maximum Gasteiger partial charge on any atom is 0.338 e. The minimum Gasteiger partial charge on any atom is -0.497 e. The summed E-state index contributed by atoms with van der Waals surface area (Å²) in [7, 11) is 6.84. The normalized spacial score (nSPS) is 11.3. The standard InChI is InChI=1S/C20H24N2O5/c1-13(27-20(24)14-6-8-15(9-7-14)22(2)3)19(23)21-17-12-16(25-4)10-11-18(17)26-5/h6-13H,1-5H3,(H,21,23). The van der Waals surface area contributed by atoms with Crippen molar-refractivity contribution in [2.75, 3.05) is 38.5 Å². The van der Waals surface area contributed by atoms with Crippen molar-refractivity contribution in [2.45, 2.75) is 13.0 Å². The Balaban J connectivity index is 2.04. The van der Waals surface area contributed by atoms with Gasteiger partial charge in [0.05, 0.1) is 25.5 Å². The van der Waals surface area contributed by atoms with Crippen LogP contribution in [0.25, 0.3) is 0 Å². The summed E-state index contributed by atoms with van der Waals surface area (Å²) in [5.74, 6) is -0.000872. The zero-order valence-electron chi connectivity index (χ0n) is 16.1. The van der Waals surface area contributed by atoms with Gasteiger partial charge in [0.25, 0.3) is 5.91 Å². The van der Waals surface area contributed by atoms with Crippen molar-refractivity contribution in [1.29, 1.82) is 0 Å². The van der Waals surface area contributed by atoms with Gasteiger partial charge in [-0.1, -0.05) is 0 Å². The molecular weight excluding hydrogens is 348 g/mol. The van der Waals surface area contributed by atoms with E-state index in [1.165, 1.54) is 21.1 Å². The minimum absolute atomic E-state index is 0.374. The van der Waals surface area contributed by atoms with E-state index in [0.29, 0.717) is 22.7 Å². The van der Waals surface area contributed by atoms with Crippen molar-refractivity contribution in [2.24, 2.45) is 0 Å². The molecular formula is C20H24N2O5. The van der Waals surface area contributed by atoms with E-state index in [0.717, 1.165) is 5.69 Å². The van der Waals surface area contributed by atoms with Crippen LogP contribution in [0.4, 0.5) is 11.4 Å². The first-order valence-electron chi connectivity index (χ1n) is 8.37. The van der Waals surface area contributed by atoms with Crippen LogP contribution in [0.2, 0.25) is 0 Å². The summed E-state index contributed by atoms with van der Waals surface area (Å²) in [6.07, 6.45) is -0.984. The molecule has 144 valence electrons. The van der Waals surface area contributed by atoms with E-state index < -0.39 is 18.0 Å². The van der Waals surface area contributed by atoms with E-state index >= 15 is 0 Å². The highest BCUT2D eigenvalue weighted by atomic mass is 16.5. The predicted octanol–water partition coefficient (Wildman–Crippen LogP) is 2.95.